The SMILES string of the molecule is CCC(=O)c1ccc(OCC(=O)Nc2cnn(Cc3ccccc3)c2)cc1. The van der Waals surface area contributed by atoms with Crippen molar-refractivity contribution in [3.8, 4) is 5.75 Å². The summed E-state index contributed by atoms with van der Waals surface area (Å²) in [7, 11) is 0. The van der Waals surface area contributed by atoms with Gasteiger partial charge < -0.3 is 10.1 Å². The van der Waals surface area contributed by atoms with Crippen LogP contribution in [0.1, 0.15) is 29.3 Å². The molecule has 1 heterocycles. The number of Topliss-reactive ketones (excluding diaryl/α,β-unsaturated/α-hetero) is 1. The van der Waals surface area contributed by atoms with Crippen molar-refractivity contribution in [3.63, 3.8) is 0 Å². The number of hydrogen-bond donors (Lipinski definition) is 1. The van der Waals surface area contributed by atoms with Crippen molar-refractivity contribution in [2.75, 3.05) is 11.9 Å². The molecule has 0 unspecified atom stereocenters. The van der Waals surface area contributed by atoms with Crippen molar-refractivity contribution in [2.45, 2.75) is 19.9 Å². The van der Waals surface area contributed by atoms with Crippen LogP contribution in [0.2, 0.25) is 0 Å². The van der Waals surface area contributed by atoms with Crippen molar-refractivity contribution in [2.24, 2.45) is 0 Å². The zero-order valence-electron chi connectivity index (χ0n) is 15.1. The van der Waals surface area contributed by atoms with Gasteiger partial charge in [-0.1, -0.05) is 37.3 Å². The van der Waals surface area contributed by atoms with E-state index >= 15 is 0 Å². The molecule has 0 fully saturated rings. The van der Waals surface area contributed by atoms with Gasteiger partial charge in [0.1, 0.15) is 5.75 Å². The number of amides is 1. The minimum atomic E-state index is -0.275. The summed E-state index contributed by atoms with van der Waals surface area (Å²) in [5, 5.41) is 7.00. The summed E-state index contributed by atoms with van der Waals surface area (Å²) in [6, 6.07) is 16.7. The minimum absolute atomic E-state index is 0.0757. The largest absolute Gasteiger partial charge is 0.484 e. The van der Waals surface area contributed by atoms with Crippen molar-refractivity contribution < 1.29 is 14.3 Å². The Hall–Kier alpha value is -3.41. The van der Waals surface area contributed by atoms with Crippen LogP contribution in [0.4, 0.5) is 5.69 Å². The molecule has 0 saturated heterocycles. The van der Waals surface area contributed by atoms with Crippen LogP contribution in [0.3, 0.4) is 0 Å². The van der Waals surface area contributed by atoms with Gasteiger partial charge in [-0.25, -0.2) is 0 Å². The molecule has 1 N–H and O–H groups in total. The number of aromatic nitrogens is 2. The van der Waals surface area contributed by atoms with Crippen LogP contribution in [-0.4, -0.2) is 28.1 Å². The number of rotatable bonds is 8. The van der Waals surface area contributed by atoms with E-state index in [0.29, 0.717) is 30.0 Å². The number of hydrogen-bond acceptors (Lipinski definition) is 4. The van der Waals surface area contributed by atoms with E-state index < -0.39 is 0 Å². The molecule has 0 spiro atoms. The number of ketones is 1. The average molecular weight is 363 g/mol. The molecule has 3 aromatic rings. The Morgan fingerprint density at radius 3 is 2.52 bits per heavy atom. The maximum atomic E-state index is 12.0. The van der Waals surface area contributed by atoms with Crippen LogP contribution in [-0.2, 0) is 11.3 Å². The van der Waals surface area contributed by atoms with Crippen LogP contribution >= 0.6 is 0 Å². The lowest BCUT2D eigenvalue weighted by atomic mass is 10.1. The molecule has 138 valence electrons. The van der Waals surface area contributed by atoms with E-state index in [1.807, 2.05) is 37.3 Å². The first-order chi connectivity index (χ1) is 13.1. The number of nitrogens with zero attached hydrogens (tertiary/aromatic N) is 2. The van der Waals surface area contributed by atoms with E-state index in [2.05, 4.69) is 10.4 Å². The molecule has 6 heteroatoms. The van der Waals surface area contributed by atoms with Crippen LogP contribution < -0.4 is 10.1 Å². The lowest BCUT2D eigenvalue weighted by molar-refractivity contribution is -0.118. The predicted octanol–water partition coefficient (Wildman–Crippen LogP) is 3.54. The summed E-state index contributed by atoms with van der Waals surface area (Å²) >= 11 is 0. The van der Waals surface area contributed by atoms with Gasteiger partial charge in [-0.15, -0.1) is 0 Å². The van der Waals surface area contributed by atoms with Crippen LogP contribution in [0.5, 0.6) is 5.75 Å². The summed E-state index contributed by atoms with van der Waals surface area (Å²) < 4.78 is 7.22. The van der Waals surface area contributed by atoms with E-state index in [4.69, 9.17) is 4.74 Å². The first-order valence-corrected chi connectivity index (χ1v) is 8.76. The highest BCUT2D eigenvalue weighted by molar-refractivity contribution is 5.96. The van der Waals surface area contributed by atoms with Gasteiger partial charge in [-0.2, -0.15) is 5.10 Å². The highest BCUT2D eigenvalue weighted by atomic mass is 16.5. The summed E-state index contributed by atoms with van der Waals surface area (Å²) in [5.74, 6) is 0.340. The van der Waals surface area contributed by atoms with Gasteiger partial charge in [-0.05, 0) is 29.8 Å². The predicted molar refractivity (Wildman–Crippen MR) is 103 cm³/mol. The molecule has 1 amide bonds. The Kier molecular flexibility index (Phi) is 5.99. The standard InChI is InChI=1S/C21H21N3O3/c1-2-20(25)17-8-10-19(11-9-17)27-15-21(26)23-18-12-22-24(14-18)13-16-6-4-3-5-7-16/h3-12,14H,2,13,15H2,1H3,(H,23,26). The summed E-state index contributed by atoms with van der Waals surface area (Å²) in [6.45, 7) is 2.33. The fraction of sp³-hybridized carbons (Fsp3) is 0.190. The normalized spacial score (nSPS) is 10.4. The first kappa shape index (κ1) is 18.4. The quantitative estimate of drug-likeness (QED) is 0.621. The number of nitrogens with one attached hydrogen (secondary N) is 1. The van der Waals surface area contributed by atoms with Gasteiger partial charge in [0, 0.05) is 18.2 Å². The zero-order chi connectivity index (χ0) is 19.1. The third kappa shape index (κ3) is 5.28. The van der Waals surface area contributed by atoms with Crippen molar-refractivity contribution in [1.82, 2.24) is 9.78 Å². The molecule has 6 nitrogen and oxygen atoms in total. The molecular weight excluding hydrogens is 342 g/mol. The molecular formula is C21H21N3O3. The maximum Gasteiger partial charge on any atom is 0.262 e. The smallest absolute Gasteiger partial charge is 0.262 e. The van der Waals surface area contributed by atoms with Crippen LogP contribution in [0.25, 0.3) is 0 Å². The van der Waals surface area contributed by atoms with Crippen LogP contribution in [0.15, 0.2) is 67.0 Å². The minimum Gasteiger partial charge on any atom is -0.484 e. The molecule has 0 aliphatic carbocycles. The van der Waals surface area contributed by atoms with Gasteiger partial charge in [0.25, 0.3) is 5.91 Å². The number of ether oxygens (including phenoxy) is 1. The molecule has 0 atom stereocenters. The molecule has 0 radical (unpaired) electrons. The molecule has 0 saturated carbocycles. The molecule has 1 aromatic heterocycles. The van der Waals surface area contributed by atoms with E-state index in [1.165, 1.54) is 0 Å². The first-order valence-electron chi connectivity index (χ1n) is 8.76. The third-order valence-corrected chi connectivity index (χ3v) is 3.97. The Morgan fingerprint density at radius 2 is 1.81 bits per heavy atom. The van der Waals surface area contributed by atoms with E-state index in [-0.39, 0.29) is 18.3 Å². The Bertz CT molecular complexity index is 902. The lowest BCUT2D eigenvalue weighted by Crippen LogP contribution is -2.19. The fourth-order valence-corrected chi connectivity index (χ4v) is 2.57. The van der Waals surface area contributed by atoms with Crippen LogP contribution in [0, 0.1) is 0 Å². The van der Waals surface area contributed by atoms with Crippen molar-refractivity contribution in [3.05, 3.63) is 78.1 Å². The molecule has 0 aliphatic heterocycles. The highest BCUT2D eigenvalue weighted by Crippen LogP contribution is 2.14. The zero-order valence-corrected chi connectivity index (χ0v) is 15.1. The lowest BCUT2D eigenvalue weighted by Gasteiger charge is -2.07. The Balaban J connectivity index is 1.49. The van der Waals surface area contributed by atoms with Crippen molar-refractivity contribution in [1.29, 1.82) is 0 Å². The molecule has 27 heavy (non-hydrogen) atoms. The van der Waals surface area contributed by atoms with E-state index in [1.54, 1.807) is 41.3 Å². The molecule has 2 aromatic carbocycles. The summed E-state index contributed by atoms with van der Waals surface area (Å²) in [6.07, 6.45) is 3.84. The number of anilines is 1. The van der Waals surface area contributed by atoms with Gasteiger partial charge in [0.15, 0.2) is 12.4 Å². The fourth-order valence-electron chi connectivity index (χ4n) is 2.57. The third-order valence-electron chi connectivity index (χ3n) is 3.97. The molecule has 0 aliphatic rings. The topological polar surface area (TPSA) is 73.2 Å². The summed E-state index contributed by atoms with van der Waals surface area (Å²) in [5.41, 5.74) is 2.38. The number of carbonyl (C=O) groups excluding carboxylic acids is 2. The highest BCUT2D eigenvalue weighted by Gasteiger charge is 2.07. The Labute approximate surface area is 157 Å². The van der Waals surface area contributed by atoms with E-state index in [9.17, 15) is 9.59 Å². The Morgan fingerprint density at radius 1 is 1.07 bits per heavy atom. The average Bonchev–Trinajstić information content (AvgIpc) is 3.13. The number of benzene rings is 2. The van der Waals surface area contributed by atoms with Gasteiger partial charge in [0.05, 0.1) is 18.4 Å². The van der Waals surface area contributed by atoms with Gasteiger partial charge in [-0.3, -0.25) is 14.3 Å². The summed E-state index contributed by atoms with van der Waals surface area (Å²) in [4.78, 5) is 23.6. The van der Waals surface area contributed by atoms with Gasteiger partial charge >= 0.3 is 0 Å². The second kappa shape index (κ2) is 8.80. The van der Waals surface area contributed by atoms with E-state index in [0.717, 1.165) is 5.56 Å². The molecule has 3 rings (SSSR count). The van der Waals surface area contributed by atoms with Crippen molar-refractivity contribution >= 4 is 17.4 Å². The molecule has 0 bridgehead atoms. The second-order valence-corrected chi connectivity index (χ2v) is 6.05. The monoisotopic (exact) mass is 363 g/mol. The maximum absolute atomic E-state index is 12.0. The van der Waals surface area contributed by atoms with Gasteiger partial charge in [0.2, 0.25) is 0 Å². The second-order valence-electron chi connectivity index (χ2n) is 6.05. The number of carbonyl (C=O) groups is 2.